The molecule has 0 aromatic heterocycles. The van der Waals surface area contributed by atoms with Crippen LogP contribution in [-0.2, 0) is 9.59 Å². The Morgan fingerprint density at radius 2 is 2.15 bits per heavy atom. The first kappa shape index (κ1) is 15.5. The van der Waals surface area contributed by atoms with E-state index in [0.717, 1.165) is 5.56 Å². The number of ether oxygens (including phenoxy) is 1. The predicted molar refractivity (Wildman–Crippen MR) is 76.4 cm³/mol. The van der Waals surface area contributed by atoms with Gasteiger partial charge in [0.1, 0.15) is 11.8 Å². The average molecular weight is 275 g/mol. The van der Waals surface area contributed by atoms with Crippen molar-refractivity contribution in [1.82, 2.24) is 5.32 Å². The fourth-order valence-corrected chi connectivity index (χ4v) is 1.58. The van der Waals surface area contributed by atoms with Gasteiger partial charge in [-0.2, -0.15) is 0 Å². The summed E-state index contributed by atoms with van der Waals surface area (Å²) in [6.45, 7) is 3.46. The molecule has 5 heteroatoms. The van der Waals surface area contributed by atoms with E-state index in [-0.39, 0.29) is 6.42 Å². The SMILES string of the molecule is C=CCC(NC(=O)/C=C/c1ccccc1OC)C(=O)O. The summed E-state index contributed by atoms with van der Waals surface area (Å²) < 4.78 is 5.15. The van der Waals surface area contributed by atoms with Gasteiger partial charge in [-0.25, -0.2) is 4.79 Å². The van der Waals surface area contributed by atoms with E-state index >= 15 is 0 Å². The fraction of sp³-hybridized carbons (Fsp3) is 0.200. The van der Waals surface area contributed by atoms with Crippen LogP contribution < -0.4 is 10.1 Å². The zero-order valence-electron chi connectivity index (χ0n) is 11.2. The molecule has 0 bridgehead atoms. The molecule has 5 nitrogen and oxygen atoms in total. The zero-order valence-corrected chi connectivity index (χ0v) is 11.2. The van der Waals surface area contributed by atoms with E-state index in [4.69, 9.17) is 9.84 Å². The minimum atomic E-state index is -1.09. The number of carboxylic acid groups (broad SMARTS) is 1. The molecule has 0 spiro atoms. The second-order valence-corrected chi connectivity index (χ2v) is 4.00. The van der Waals surface area contributed by atoms with Crippen LogP contribution in [0.2, 0.25) is 0 Å². The average Bonchev–Trinajstić information content (AvgIpc) is 2.44. The molecule has 2 N–H and O–H groups in total. The largest absolute Gasteiger partial charge is 0.496 e. The molecule has 0 heterocycles. The third kappa shape index (κ3) is 4.61. The number of methoxy groups -OCH3 is 1. The van der Waals surface area contributed by atoms with Crippen LogP contribution in [0.15, 0.2) is 43.0 Å². The Hall–Kier alpha value is -2.56. The molecule has 1 aromatic carbocycles. The number of aliphatic carboxylic acids is 1. The van der Waals surface area contributed by atoms with Crippen molar-refractivity contribution in [3.8, 4) is 5.75 Å². The summed E-state index contributed by atoms with van der Waals surface area (Å²) in [5.41, 5.74) is 0.737. The molecular formula is C15H17NO4. The van der Waals surface area contributed by atoms with E-state index < -0.39 is 17.9 Å². The summed E-state index contributed by atoms with van der Waals surface area (Å²) >= 11 is 0. The number of nitrogens with one attached hydrogen (secondary N) is 1. The second kappa shape index (κ2) is 7.78. The molecule has 106 valence electrons. The Balaban J connectivity index is 2.72. The van der Waals surface area contributed by atoms with E-state index in [0.29, 0.717) is 5.75 Å². The number of carbonyl (C=O) groups excluding carboxylic acids is 1. The van der Waals surface area contributed by atoms with Gasteiger partial charge in [0.2, 0.25) is 5.91 Å². The van der Waals surface area contributed by atoms with Crippen molar-refractivity contribution in [2.75, 3.05) is 7.11 Å². The minimum absolute atomic E-state index is 0.170. The minimum Gasteiger partial charge on any atom is -0.496 e. The Bertz CT molecular complexity index is 522. The highest BCUT2D eigenvalue weighted by Crippen LogP contribution is 2.18. The Kier molecular flexibility index (Phi) is 6.03. The zero-order chi connectivity index (χ0) is 15.0. The van der Waals surface area contributed by atoms with Crippen molar-refractivity contribution in [3.63, 3.8) is 0 Å². The lowest BCUT2D eigenvalue weighted by Crippen LogP contribution is -2.39. The summed E-state index contributed by atoms with van der Waals surface area (Å²) in [4.78, 5) is 22.6. The van der Waals surface area contributed by atoms with Gasteiger partial charge in [0.05, 0.1) is 7.11 Å². The van der Waals surface area contributed by atoms with Crippen LogP contribution >= 0.6 is 0 Å². The van der Waals surface area contributed by atoms with Gasteiger partial charge < -0.3 is 15.2 Å². The van der Waals surface area contributed by atoms with Gasteiger partial charge in [0, 0.05) is 11.6 Å². The van der Waals surface area contributed by atoms with Gasteiger partial charge in [-0.05, 0) is 18.6 Å². The first-order chi connectivity index (χ1) is 9.58. The summed E-state index contributed by atoms with van der Waals surface area (Å²) in [5, 5.41) is 11.3. The molecule has 0 radical (unpaired) electrons. The maximum Gasteiger partial charge on any atom is 0.326 e. The van der Waals surface area contributed by atoms with Crippen molar-refractivity contribution in [2.45, 2.75) is 12.5 Å². The third-order valence-corrected chi connectivity index (χ3v) is 2.57. The second-order valence-electron chi connectivity index (χ2n) is 4.00. The number of hydrogen-bond acceptors (Lipinski definition) is 3. The summed E-state index contributed by atoms with van der Waals surface area (Å²) in [6.07, 6.45) is 4.46. The standard InChI is InChI=1S/C15H17NO4/c1-3-6-12(15(18)19)16-14(17)10-9-11-7-4-5-8-13(11)20-2/h3-5,7-10,12H,1,6H2,2H3,(H,16,17)(H,18,19)/b10-9+. The van der Waals surface area contributed by atoms with E-state index in [2.05, 4.69) is 11.9 Å². The molecule has 1 amide bonds. The number of amides is 1. The number of carboxylic acids is 1. The molecule has 0 aliphatic rings. The topological polar surface area (TPSA) is 75.6 Å². The summed E-state index contributed by atoms with van der Waals surface area (Å²) in [6, 6.07) is 6.23. The Labute approximate surface area is 117 Å². The van der Waals surface area contributed by atoms with Crippen LogP contribution in [0.4, 0.5) is 0 Å². The maximum atomic E-state index is 11.7. The highest BCUT2D eigenvalue weighted by Gasteiger charge is 2.16. The van der Waals surface area contributed by atoms with Gasteiger partial charge >= 0.3 is 5.97 Å². The lowest BCUT2D eigenvalue weighted by atomic mass is 10.1. The molecule has 0 fully saturated rings. The smallest absolute Gasteiger partial charge is 0.326 e. The highest BCUT2D eigenvalue weighted by molar-refractivity contribution is 5.94. The van der Waals surface area contributed by atoms with Crippen LogP contribution in [0.3, 0.4) is 0 Å². The molecule has 20 heavy (non-hydrogen) atoms. The third-order valence-electron chi connectivity index (χ3n) is 2.57. The first-order valence-corrected chi connectivity index (χ1v) is 6.03. The van der Waals surface area contributed by atoms with Crippen molar-refractivity contribution >= 4 is 18.0 Å². The van der Waals surface area contributed by atoms with Crippen molar-refractivity contribution in [2.24, 2.45) is 0 Å². The van der Waals surface area contributed by atoms with Crippen molar-refractivity contribution in [1.29, 1.82) is 0 Å². The molecule has 1 aromatic rings. The molecule has 1 atom stereocenters. The first-order valence-electron chi connectivity index (χ1n) is 6.03. The van der Waals surface area contributed by atoms with Crippen LogP contribution in [0.5, 0.6) is 5.75 Å². The number of carbonyl (C=O) groups is 2. The Morgan fingerprint density at radius 3 is 2.75 bits per heavy atom. The van der Waals surface area contributed by atoms with E-state index in [9.17, 15) is 9.59 Å². The monoisotopic (exact) mass is 275 g/mol. The highest BCUT2D eigenvalue weighted by atomic mass is 16.5. The molecule has 0 aliphatic carbocycles. The van der Waals surface area contributed by atoms with Gasteiger partial charge in [-0.3, -0.25) is 4.79 Å². The molecule has 1 rings (SSSR count). The number of para-hydroxylation sites is 1. The van der Waals surface area contributed by atoms with E-state index in [1.165, 1.54) is 19.3 Å². The van der Waals surface area contributed by atoms with E-state index in [1.807, 2.05) is 12.1 Å². The predicted octanol–water partition coefficient (Wildman–Crippen LogP) is 1.85. The lowest BCUT2D eigenvalue weighted by Gasteiger charge is -2.10. The molecular weight excluding hydrogens is 258 g/mol. The molecule has 0 saturated heterocycles. The lowest BCUT2D eigenvalue weighted by molar-refractivity contribution is -0.141. The molecule has 0 saturated carbocycles. The summed E-state index contributed by atoms with van der Waals surface area (Å²) in [7, 11) is 1.54. The van der Waals surface area contributed by atoms with Crippen LogP contribution in [-0.4, -0.2) is 30.1 Å². The number of hydrogen-bond donors (Lipinski definition) is 2. The number of benzene rings is 1. The van der Waals surface area contributed by atoms with Crippen molar-refractivity contribution in [3.05, 3.63) is 48.6 Å². The normalized spacial score (nSPS) is 11.8. The van der Waals surface area contributed by atoms with Gasteiger partial charge in [-0.1, -0.05) is 24.3 Å². The van der Waals surface area contributed by atoms with Crippen molar-refractivity contribution < 1.29 is 19.4 Å². The summed E-state index contributed by atoms with van der Waals surface area (Å²) in [5.74, 6) is -0.938. The van der Waals surface area contributed by atoms with E-state index in [1.54, 1.807) is 18.2 Å². The molecule has 1 unspecified atom stereocenters. The number of rotatable bonds is 7. The Morgan fingerprint density at radius 1 is 1.45 bits per heavy atom. The van der Waals surface area contributed by atoms with Gasteiger partial charge in [0.15, 0.2) is 0 Å². The van der Waals surface area contributed by atoms with Crippen LogP contribution in [0.1, 0.15) is 12.0 Å². The quantitative estimate of drug-likeness (QED) is 0.588. The van der Waals surface area contributed by atoms with Crippen LogP contribution in [0, 0.1) is 0 Å². The van der Waals surface area contributed by atoms with Gasteiger partial charge in [0.25, 0.3) is 0 Å². The van der Waals surface area contributed by atoms with Gasteiger partial charge in [-0.15, -0.1) is 6.58 Å². The molecule has 0 aliphatic heterocycles. The maximum absolute atomic E-state index is 11.7. The van der Waals surface area contributed by atoms with Crippen LogP contribution in [0.25, 0.3) is 6.08 Å². The fourth-order valence-electron chi connectivity index (χ4n) is 1.58.